The van der Waals surface area contributed by atoms with Crippen LogP contribution in [0, 0.1) is 0 Å². The molecule has 0 aromatic heterocycles. The van der Waals surface area contributed by atoms with Gasteiger partial charge in [0.1, 0.15) is 11.8 Å². The van der Waals surface area contributed by atoms with Gasteiger partial charge in [-0.25, -0.2) is 0 Å². The van der Waals surface area contributed by atoms with Crippen LogP contribution in [0.25, 0.3) is 0 Å². The van der Waals surface area contributed by atoms with Crippen molar-refractivity contribution in [3.63, 3.8) is 0 Å². The number of benzene rings is 2. The van der Waals surface area contributed by atoms with Crippen LogP contribution in [0.5, 0.6) is 5.75 Å². The van der Waals surface area contributed by atoms with Gasteiger partial charge in [-0.05, 0) is 42.8 Å². The summed E-state index contributed by atoms with van der Waals surface area (Å²) in [6, 6.07) is 16.7. The lowest BCUT2D eigenvalue weighted by atomic mass is 10.2. The smallest absolute Gasteiger partial charge is 0.246 e. The molecule has 0 heterocycles. The maximum Gasteiger partial charge on any atom is 0.246 e. The molecular formula is C17H20N2O2. The van der Waals surface area contributed by atoms with Gasteiger partial charge in [-0.3, -0.25) is 4.79 Å². The molecule has 4 nitrogen and oxygen atoms in total. The lowest BCUT2D eigenvalue weighted by Gasteiger charge is -2.18. The SMILES string of the molecule is CC[C@H](Nc1ccc(OC)cc1)C(=O)Nc1ccccc1. The number of para-hydroxylation sites is 1. The number of nitrogens with one attached hydrogen (secondary N) is 2. The van der Waals surface area contributed by atoms with E-state index >= 15 is 0 Å². The van der Waals surface area contributed by atoms with Crippen molar-refractivity contribution < 1.29 is 9.53 Å². The van der Waals surface area contributed by atoms with Crippen molar-refractivity contribution in [3.8, 4) is 5.75 Å². The number of carbonyl (C=O) groups is 1. The Morgan fingerprint density at radius 3 is 2.29 bits per heavy atom. The summed E-state index contributed by atoms with van der Waals surface area (Å²) in [6.45, 7) is 1.98. The normalized spacial score (nSPS) is 11.5. The van der Waals surface area contributed by atoms with E-state index in [1.807, 2.05) is 61.5 Å². The fourth-order valence-corrected chi connectivity index (χ4v) is 1.99. The van der Waals surface area contributed by atoms with E-state index in [2.05, 4.69) is 10.6 Å². The highest BCUT2D eigenvalue weighted by molar-refractivity contribution is 5.96. The lowest BCUT2D eigenvalue weighted by Crippen LogP contribution is -2.34. The van der Waals surface area contributed by atoms with Crippen molar-refractivity contribution in [3.05, 3.63) is 54.6 Å². The van der Waals surface area contributed by atoms with Crippen LogP contribution in [0.1, 0.15) is 13.3 Å². The number of amides is 1. The minimum absolute atomic E-state index is 0.0421. The summed E-state index contributed by atoms with van der Waals surface area (Å²) in [7, 11) is 1.63. The van der Waals surface area contributed by atoms with Gasteiger partial charge in [0, 0.05) is 11.4 Å². The van der Waals surface area contributed by atoms with E-state index in [0.717, 1.165) is 17.1 Å². The van der Waals surface area contributed by atoms with Gasteiger partial charge >= 0.3 is 0 Å². The van der Waals surface area contributed by atoms with Gasteiger partial charge < -0.3 is 15.4 Å². The fourth-order valence-electron chi connectivity index (χ4n) is 1.99. The molecule has 0 unspecified atom stereocenters. The van der Waals surface area contributed by atoms with Crippen molar-refractivity contribution in [1.29, 1.82) is 0 Å². The molecule has 0 aliphatic carbocycles. The van der Waals surface area contributed by atoms with Crippen molar-refractivity contribution in [2.24, 2.45) is 0 Å². The Hall–Kier alpha value is -2.49. The molecule has 0 spiro atoms. The molecule has 2 rings (SSSR count). The van der Waals surface area contributed by atoms with Crippen LogP contribution < -0.4 is 15.4 Å². The van der Waals surface area contributed by atoms with Crippen LogP contribution in [0.4, 0.5) is 11.4 Å². The summed E-state index contributed by atoms with van der Waals surface area (Å²) in [5.41, 5.74) is 1.70. The summed E-state index contributed by atoms with van der Waals surface area (Å²) in [5, 5.41) is 6.14. The molecular weight excluding hydrogens is 264 g/mol. The second kappa shape index (κ2) is 7.33. The van der Waals surface area contributed by atoms with Crippen LogP contribution in [0.15, 0.2) is 54.6 Å². The Morgan fingerprint density at radius 2 is 1.71 bits per heavy atom. The zero-order chi connectivity index (χ0) is 15.1. The van der Waals surface area contributed by atoms with Crippen molar-refractivity contribution >= 4 is 17.3 Å². The lowest BCUT2D eigenvalue weighted by molar-refractivity contribution is -0.116. The second-order valence-corrected chi connectivity index (χ2v) is 4.69. The third-order valence-corrected chi connectivity index (χ3v) is 3.20. The molecule has 1 amide bonds. The summed E-state index contributed by atoms with van der Waals surface area (Å²) < 4.78 is 5.12. The van der Waals surface area contributed by atoms with Gasteiger partial charge in [0.05, 0.1) is 7.11 Å². The number of hydrogen-bond acceptors (Lipinski definition) is 3. The number of hydrogen-bond donors (Lipinski definition) is 2. The molecule has 0 aliphatic heterocycles. The van der Waals surface area contributed by atoms with Crippen LogP contribution in [0.3, 0.4) is 0 Å². The highest BCUT2D eigenvalue weighted by atomic mass is 16.5. The van der Waals surface area contributed by atoms with Crippen molar-refractivity contribution in [2.45, 2.75) is 19.4 Å². The predicted octanol–water partition coefficient (Wildman–Crippen LogP) is 3.52. The van der Waals surface area contributed by atoms with E-state index < -0.39 is 0 Å². The monoisotopic (exact) mass is 284 g/mol. The van der Waals surface area contributed by atoms with Crippen molar-refractivity contribution in [1.82, 2.24) is 0 Å². The number of anilines is 2. The maximum atomic E-state index is 12.3. The van der Waals surface area contributed by atoms with Crippen molar-refractivity contribution in [2.75, 3.05) is 17.7 Å². The topological polar surface area (TPSA) is 50.4 Å². The molecule has 2 aromatic carbocycles. The first-order valence-corrected chi connectivity index (χ1v) is 6.99. The first-order valence-electron chi connectivity index (χ1n) is 6.99. The number of carbonyl (C=O) groups excluding carboxylic acids is 1. The first-order chi connectivity index (χ1) is 10.2. The molecule has 1 atom stereocenters. The zero-order valence-corrected chi connectivity index (χ0v) is 12.3. The molecule has 0 aliphatic rings. The average Bonchev–Trinajstić information content (AvgIpc) is 2.54. The zero-order valence-electron chi connectivity index (χ0n) is 12.3. The molecule has 2 N–H and O–H groups in total. The highest BCUT2D eigenvalue weighted by Gasteiger charge is 2.16. The third kappa shape index (κ3) is 4.24. The van der Waals surface area contributed by atoms with Gasteiger partial charge in [0.25, 0.3) is 0 Å². The Labute approximate surface area is 125 Å². The van der Waals surface area contributed by atoms with E-state index in [-0.39, 0.29) is 11.9 Å². The van der Waals surface area contributed by atoms with Gasteiger partial charge in [-0.2, -0.15) is 0 Å². The minimum atomic E-state index is -0.279. The minimum Gasteiger partial charge on any atom is -0.497 e. The molecule has 0 bridgehead atoms. The average molecular weight is 284 g/mol. The molecule has 21 heavy (non-hydrogen) atoms. The number of rotatable bonds is 6. The van der Waals surface area contributed by atoms with E-state index in [9.17, 15) is 4.79 Å². The molecule has 0 fully saturated rings. The maximum absolute atomic E-state index is 12.3. The molecule has 2 aromatic rings. The largest absolute Gasteiger partial charge is 0.497 e. The van der Waals surface area contributed by atoms with Crippen LogP contribution >= 0.6 is 0 Å². The molecule has 0 saturated heterocycles. The quantitative estimate of drug-likeness (QED) is 0.853. The van der Waals surface area contributed by atoms with Gasteiger partial charge in [0.15, 0.2) is 0 Å². The Morgan fingerprint density at radius 1 is 1.05 bits per heavy atom. The van der Waals surface area contributed by atoms with Gasteiger partial charge in [-0.1, -0.05) is 25.1 Å². The summed E-state index contributed by atoms with van der Waals surface area (Å²) in [5.74, 6) is 0.752. The Kier molecular flexibility index (Phi) is 5.21. The van der Waals surface area contributed by atoms with E-state index in [1.165, 1.54) is 0 Å². The van der Waals surface area contributed by atoms with E-state index in [4.69, 9.17) is 4.74 Å². The first kappa shape index (κ1) is 14.9. The Balaban J connectivity index is 1.99. The van der Waals surface area contributed by atoms with E-state index in [0.29, 0.717) is 6.42 Å². The standard InChI is InChI=1S/C17H20N2O2/c1-3-16(17(20)19-13-7-5-4-6-8-13)18-14-9-11-15(21-2)12-10-14/h4-12,16,18H,3H2,1-2H3,(H,19,20)/t16-/m0/s1. The van der Waals surface area contributed by atoms with Crippen LogP contribution in [-0.4, -0.2) is 19.1 Å². The summed E-state index contributed by atoms with van der Waals surface area (Å²) in [4.78, 5) is 12.3. The highest BCUT2D eigenvalue weighted by Crippen LogP contribution is 2.17. The third-order valence-electron chi connectivity index (χ3n) is 3.20. The number of ether oxygens (including phenoxy) is 1. The number of methoxy groups -OCH3 is 1. The molecule has 4 heteroatoms. The van der Waals surface area contributed by atoms with Gasteiger partial charge in [0.2, 0.25) is 5.91 Å². The Bertz CT molecular complexity index is 567. The molecule has 0 radical (unpaired) electrons. The van der Waals surface area contributed by atoms with Crippen LogP contribution in [0.2, 0.25) is 0 Å². The second-order valence-electron chi connectivity index (χ2n) is 4.69. The molecule has 0 saturated carbocycles. The summed E-state index contributed by atoms with van der Waals surface area (Å²) in [6.07, 6.45) is 0.699. The molecule has 110 valence electrons. The summed E-state index contributed by atoms with van der Waals surface area (Å²) >= 11 is 0. The van der Waals surface area contributed by atoms with Gasteiger partial charge in [-0.15, -0.1) is 0 Å². The fraction of sp³-hybridized carbons (Fsp3) is 0.235. The predicted molar refractivity (Wildman–Crippen MR) is 85.8 cm³/mol. The van der Waals surface area contributed by atoms with E-state index in [1.54, 1.807) is 7.11 Å². The van der Waals surface area contributed by atoms with Crippen LogP contribution in [-0.2, 0) is 4.79 Å².